The first-order chi connectivity index (χ1) is 17.4. The van der Waals surface area contributed by atoms with Crippen molar-refractivity contribution in [2.24, 2.45) is 17.3 Å². The monoisotopic (exact) mass is 492 g/mol. The summed E-state index contributed by atoms with van der Waals surface area (Å²) >= 11 is 0. The number of carbonyl (C=O) groups is 1. The van der Waals surface area contributed by atoms with Crippen molar-refractivity contribution >= 4 is 22.6 Å². The van der Waals surface area contributed by atoms with Crippen molar-refractivity contribution in [2.45, 2.75) is 37.9 Å². The van der Waals surface area contributed by atoms with E-state index in [4.69, 9.17) is 0 Å². The number of halogens is 2. The molecule has 36 heavy (non-hydrogen) atoms. The third-order valence-corrected chi connectivity index (χ3v) is 8.93. The number of nitriles is 1. The number of hydrogen-bond acceptors (Lipinski definition) is 6. The fourth-order valence-corrected chi connectivity index (χ4v) is 7.10. The van der Waals surface area contributed by atoms with E-state index in [2.05, 4.69) is 35.4 Å². The number of carbonyl (C=O) groups excluding carboxylic acids is 1. The zero-order valence-electron chi connectivity index (χ0n) is 20.3. The lowest BCUT2D eigenvalue weighted by Gasteiger charge is -2.48. The van der Waals surface area contributed by atoms with E-state index in [9.17, 15) is 10.1 Å². The molecule has 0 bridgehead atoms. The molecule has 2 N–H and O–H groups in total. The Morgan fingerprint density at radius 2 is 2.14 bits per heavy atom. The van der Waals surface area contributed by atoms with Crippen molar-refractivity contribution < 1.29 is 13.6 Å². The Kier molecular flexibility index (Phi) is 5.50. The summed E-state index contributed by atoms with van der Waals surface area (Å²) in [6, 6.07) is 7.59. The number of nitrogens with one attached hydrogen (secondary N) is 2. The lowest BCUT2D eigenvalue weighted by Crippen LogP contribution is -2.62. The third kappa shape index (κ3) is 3.35. The number of fused-ring (bicyclic) bond motifs is 2. The maximum atomic E-state index is 15.4. The molecule has 1 saturated carbocycles. The van der Waals surface area contributed by atoms with Crippen LogP contribution in [-0.2, 0) is 4.79 Å². The van der Waals surface area contributed by atoms with Gasteiger partial charge in [-0.25, -0.2) is 13.8 Å². The first-order valence-electron chi connectivity index (χ1n) is 12.7. The van der Waals surface area contributed by atoms with E-state index in [1.807, 2.05) is 6.07 Å². The highest BCUT2D eigenvalue weighted by Crippen LogP contribution is 2.49. The summed E-state index contributed by atoms with van der Waals surface area (Å²) in [6.07, 6.45) is 2.10. The molecule has 1 amide bonds. The topological polar surface area (TPSA) is 84.3 Å². The number of nitrogens with zero attached hydrogens (tertiary/aromatic N) is 4. The molecule has 1 spiro atoms. The highest BCUT2D eigenvalue weighted by molar-refractivity contribution is 5.89. The normalized spacial score (nSPS) is 30.8. The number of likely N-dealkylation sites (tertiary alicyclic amines) is 1. The second-order valence-corrected chi connectivity index (χ2v) is 11.0. The van der Waals surface area contributed by atoms with Gasteiger partial charge < -0.3 is 9.80 Å². The summed E-state index contributed by atoms with van der Waals surface area (Å²) in [5.41, 5.74) is 7.42. The van der Waals surface area contributed by atoms with E-state index < -0.39 is 17.4 Å². The van der Waals surface area contributed by atoms with Crippen LogP contribution in [0.5, 0.6) is 0 Å². The maximum absolute atomic E-state index is 15.4. The van der Waals surface area contributed by atoms with Crippen molar-refractivity contribution in [1.82, 2.24) is 20.7 Å². The standard InChI is InChI=1S/C27H30F2N6O/c1-3-22(36)35-13-27(14-35)12-34(11-21(27)29)26-17(9-30)24(16-5-4-6-19(28)25(16)32-26)23-15(2)7-8-20-18(23)10-31-33-20/h3-6,15,18,20-21,23,31,33H,1,7-8,10-14H2,2H3. The molecule has 5 atom stereocenters. The lowest BCUT2D eigenvalue weighted by atomic mass is 9.66. The molecule has 1 aromatic heterocycles. The lowest BCUT2D eigenvalue weighted by molar-refractivity contribution is -0.139. The Hall–Kier alpha value is -3.09. The molecular formula is C27H30F2N6O. The SMILES string of the molecule is C=CC(=O)N1CC2(C1)CN(c1nc3c(F)cccc3c(C3C(C)CCC4NNCC43)c1C#N)CC2F. The number of para-hydroxylation sites is 1. The summed E-state index contributed by atoms with van der Waals surface area (Å²) < 4.78 is 30.6. The van der Waals surface area contributed by atoms with Crippen LogP contribution in [0.25, 0.3) is 10.9 Å². The van der Waals surface area contributed by atoms with Gasteiger partial charge in [-0.05, 0) is 48.3 Å². The zero-order chi connectivity index (χ0) is 25.2. The van der Waals surface area contributed by atoms with Crippen LogP contribution in [0.1, 0.15) is 36.8 Å². The molecule has 4 fully saturated rings. The molecule has 5 unspecified atom stereocenters. The van der Waals surface area contributed by atoms with Gasteiger partial charge in [-0.2, -0.15) is 5.26 Å². The van der Waals surface area contributed by atoms with Crippen LogP contribution in [0.4, 0.5) is 14.6 Å². The Bertz CT molecular complexity index is 1290. The third-order valence-electron chi connectivity index (χ3n) is 8.93. The summed E-state index contributed by atoms with van der Waals surface area (Å²) in [5, 5.41) is 11.1. The highest BCUT2D eigenvalue weighted by Gasteiger charge is 2.56. The van der Waals surface area contributed by atoms with Crippen LogP contribution in [0.3, 0.4) is 0 Å². The molecule has 4 aliphatic rings. The number of benzene rings is 1. The van der Waals surface area contributed by atoms with E-state index in [0.717, 1.165) is 24.9 Å². The maximum Gasteiger partial charge on any atom is 0.245 e. The average Bonchev–Trinajstić information content (AvgIpc) is 3.46. The molecule has 4 heterocycles. The summed E-state index contributed by atoms with van der Waals surface area (Å²) in [7, 11) is 0. The second kappa shape index (κ2) is 8.49. The van der Waals surface area contributed by atoms with Crippen molar-refractivity contribution in [2.75, 3.05) is 37.6 Å². The highest BCUT2D eigenvalue weighted by atomic mass is 19.1. The molecule has 3 aliphatic heterocycles. The number of alkyl halides is 1. The molecule has 6 rings (SSSR count). The number of hydrogen-bond donors (Lipinski definition) is 2. The van der Waals surface area contributed by atoms with Gasteiger partial charge in [0.1, 0.15) is 29.4 Å². The Balaban J connectivity index is 1.47. The molecule has 7 nitrogen and oxygen atoms in total. The van der Waals surface area contributed by atoms with Gasteiger partial charge in [0.15, 0.2) is 0 Å². The smallest absolute Gasteiger partial charge is 0.245 e. The molecular weight excluding hydrogens is 462 g/mol. The predicted octanol–water partition coefficient (Wildman–Crippen LogP) is 3.02. The van der Waals surface area contributed by atoms with Crippen molar-refractivity contribution in [3.63, 3.8) is 0 Å². The summed E-state index contributed by atoms with van der Waals surface area (Å²) in [5.74, 6) is 0.286. The first-order valence-corrected chi connectivity index (χ1v) is 12.7. The van der Waals surface area contributed by atoms with Crippen LogP contribution < -0.4 is 15.8 Å². The van der Waals surface area contributed by atoms with Gasteiger partial charge in [-0.15, -0.1) is 0 Å². The van der Waals surface area contributed by atoms with Crippen LogP contribution in [-0.4, -0.2) is 60.7 Å². The summed E-state index contributed by atoms with van der Waals surface area (Å²) in [6.45, 7) is 7.47. The molecule has 2 aromatic rings. The number of hydrazine groups is 1. The Labute approximate surface area is 209 Å². The van der Waals surface area contributed by atoms with Gasteiger partial charge in [0.05, 0.1) is 17.5 Å². The average molecular weight is 493 g/mol. The van der Waals surface area contributed by atoms with Crippen molar-refractivity contribution in [1.29, 1.82) is 5.26 Å². The zero-order valence-corrected chi connectivity index (χ0v) is 20.3. The number of rotatable bonds is 3. The fraction of sp³-hybridized carbons (Fsp3) is 0.519. The van der Waals surface area contributed by atoms with E-state index in [1.54, 1.807) is 15.9 Å². The largest absolute Gasteiger partial charge is 0.352 e. The molecule has 3 saturated heterocycles. The number of amides is 1. The Morgan fingerprint density at radius 3 is 2.89 bits per heavy atom. The van der Waals surface area contributed by atoms with Crippen molar-refractivity contribution in [3.05, 3.63) is 47.8 Å². The van der Waals surface area contributed by atoms with Gasteiger partial charge in [0.25, 0.3) is 0 Å². The van der Waals surface area contributed by atoms with E-state index in [0.29, 0.717) is 42.3 Å². The van der Waals surface area contributed by atoms with Crippen LogP contribution in [0.15, 0.2) is 30.9 Å². The van der Waals surface area contributed by atoms with Gasteiger partial charge >= 0.3 is 0 Å². The molecule has 1 aliphatic carbocycles. The Morgan fingerprint density at radius 1 is 1.33 bits per heavy atom. The minimum Gasteiger partial charge on any atom is -0.352 e. The van der Waals surface area contributed by atoms with Crippen LogP contribution in [0, 0.1) is 34.4 Å². The molecule has 1 aromatic carbocycles. The van der Waals surface area contributed by atoms with Gasteiger partial charge in [0, 0.05) is 37.6 Å². The van der Waals surface area contributed by atoms with Gasteiger partial charge in [-0.3, -0.25) is 15.6 Å². The minimum atomic E-state index is -1.18. The molecule has 188 valence electrons. The number of aromatic nitrogens is 1. The van der Waals surface area contributed by atoms with E-state index >= 15 is 8.78 Å². The van der Waals surface area contributed by atoms with Gasteiger partial charge in [-0.1, -0.05) is 25.6 Å². The van der Waals surface area contributed by atoms with E-state index in [-0.39, 0.29) is 35.8 Å². The van der Waals surface area contributed by atoms with Gasteiger partial charge in [0.2, 0.25) is 5.91 Å². The fourth-order valence-electron chi connectivity index (χ4n) is 7.10. The second-order valence-electron chi connectivity index (χ2n) is 11.0. The summed E-state index contributed by atoms with van der Waals surface area (Å²) in [4.78, 5) is 20.0. The quantitative estimate of drug-likeness (QED) is 0.641. The van der Waals surface area contributed by atoms with Crippen LogP contribution >= 0.6 is 0 Å². The molecule has 0 radical (unpaired) electrons. The molecule has 9 heteroatoms. The van der Waals surface area contributed by atoms with E-state index in [1.165, 1.54) is 12.1 Å². The van der Waals surface area contributed by atoms with Crippen molar-refractivity contribution in [3.8, 4) is 6.07 Å². The number of pyridine rings is 1. The number of anilines is 1. The van der Waals surface area contributed by atoms with Crippen LogP contribution in [0.2, 0.25) is 0 Å². The first kappa shape index (κ1) is 23.3. The minimum absolute atomic E-state index is 0.0362. The predicted molar refractivity (Wildman–Crippen MR) is 132 cm³/mol.